The normalized spacial score (nSPS) is 11.3. The van der Waals surface area contributed by atoms with E-state index in [2.05, 4.69) is 32.9 Å². The lowest BCUT2D eigenvalue weighted by atomic mass is 10.0. The van der Waals surface area contributed by atoms with Gasteiger partial charge in [0.15, 0.2) is 0 Å². The lowest BCUT2D eigenvalue weighted by molar-refractivity contribution is 0.553. The largest absolute Gasteiger partial charge is 0.258 e. The molecule has 0 aliphatic rings. The molecule has 0 aliphatic heterocycles. The third-order valence-electron chi connectivity index (χ3n) is 6.85. The molecule has 1 heteroatoms. The Bertz CT molecular complexity index is 479. The molecule has 0 amide bonds. The van der Waals surface area contributed by atoms with E-state index in [9.17, 15) is 0 Å². The van der Waals surface area contributed by atoms with Crippen molar-refractivity contribution < 1.29 is 0 Å². The van der Waals surface area contributed by atoms with Gasteiger partial charge in [-0.15, -0.1) is 0 Å². The van der Waals surface area contributed by atoms with Crippen molar-refractivity contribution in [3.8, 4) is 0 Å². The quantitative estimate of drug-likeness (QED) is 0.154. The van der Waals surface area contributed by atoms with Gasteiger partial charge in [0.2, 0.25) is 0 Å². The maximum absolute atomic E-state index is 5.01. The van der Waals surface area contributed by atoms with Crippen molar-refractivity contribution in [3.05, 3.63) is 36.0 Å². The van der Waals surface area contributed by atoms with Crippen molar-refractivity contribution in [1.29, 1.82) is 0 Å². The number of hydrogen-bond donors (Lipinski definition) is 0. The molecule has 0 atom stereocenters. The predicted molar refractivity (Wildman–Crippen MR) is 144 cm³/mol. The Balaban J connectivity index is 2.13. The van der Waals surface area contributed by atoms with Gasteiger partial charge in [-0.2, -0.15) is 0 Å². The molecule has 1 heterocycles. The van der Waals surface area contributed by atoms with Gasteiger partial charge in [-0.1, -0.05) is 129 Å². The molecule has 1 rings (SSSR count). The number of hydrogen-bond acceptors (Lipinski definition) is 1. The van der Waals surface area contributed by atoms with Crippen LogP contribution in [0.2, 0.25) is 0 Å². The van der Waals surface area contributed by atoms with Gasteiger partial charge >= 0.3 is 0 Å². The van der Waals surface area contributed by atoms with Crippen LogP contribution in [0.5, 0.6) is 0 Å². The van der Waals surface area contributed by atoms with Gasteiger partial charge in [-0.05, 0) is 56.7 Å². The van der Waals surface area contributed by atoms with Gasteiger partial charge in [-0.25, -0.2) is 0 Å². The van der Waals surface area contributed by atoms with Crippen molar-refractivity contribution in [2.24, 2.45) is 0 Å². The molecule has 1 aromatic heterocycles. The highest BCUT2D eigenvalue weighted by molar-refractivity contribution is 5.22. The van der Waals surface area contributed by atoms with Gasteiger partial charge < -0.3 is 0 Å². The summed E-state index contributed by atoms with van der Waals surface area (Å²) in [6.45, 7) is 8.71. The van der Waals surface area contributed by atoms with E-state index in [-0.39, 0.29) is 0 Å². The predicted octanol–water partition coefficient (Wildman–Crippen LogP) is 10.4. The van der Waals surface area contributed by atoms with Crippen LogP contribution in [-0.4, -0.2) is 4.98 Å². The Hall–Kier alpha value is -0.850. The third-order valence-corrected chi connectivity index (χ3v) is 6.85. The van der Waals surface area contributed by atoms with Crippen LogP contribution in [0.1, 0.15) is 159 Å². The molecule has 185 valence electrons. The molecular weight excluding hydrogens is 386 g/mol. The van der Waals surface area contributed by atoms with Crippen LogP contribution in [0.4, 0.5) is 0 Å². The zero-order valence-corrected chi connectivity index (χ0v) is 22.1. The zero-order valence-electron chi connectivity index (χ0n) is 22.1. The van der Waals surface area contributed by atoms with Crippen LogP contribution < -0.4 is 0 Å². The fraction of sp³-hybridized carbons (Fsp3) is 0.806. The Kier molecular flexibility index (Phi) is 20.0. The number of rotatable bonds is 23. The number of pyridine rings is 1. The average Bonchev–Trinajstić information content (AvgIpc) is 2.81. The SMILES string of the molecule is [CH2]Cc1cc(CCCCCCCCCCCC)nc(CCCCCCCCCCCC)c1. The number of aromatic nitrogens is 1. The van der Waals surface area contributed by atoms with Crippen LogP contribution >= 0.6 is 0 Å². The van der Waals surface area contributed by atoms with E-state index < -0.39 is 0 Å². The highest BCUT2D eigenvalue weighted by atomic mass is 14.7. The number of unbranched alkanes of at least 4 members (excludes halogenated alkanes) is 18. The molecule has 0 fully saturated rings. The number of nitrogens with zero attached hydrogens (tertiary/aromatic N) is 1. The van der Waals surface area contributed by atoms with Crippen molar-refractivity contribution in [2.75, 3.05) is 0 Å². The summed E-state index contributed by atoms with van der Waals surface area (Å²) in [5, 5.41) is 0. The summed E-state index contributed by atoms with van der Waals surface area (Å²) in [5.41, 5.74) is 4.00. The van der Waals surface area contributed by atoms with E-state index in [1.54, 1.807) is 0 Å². The molecule has 1 nitrogen and oxygen atoms in total. The first kappa shape index (κ1) is 29.2. The molecular formula is C31H56N. The summed E-state index contributed by atoms with van der Waals surface area (Å²) in [6, 6.07) is 4.62. The number of aryl methyl sites for hydroxylation is 2. The summed E-state index contributed by atoms with van der Waals surface area (Å²) in [7, 11) is 0. The van der Waals surface area contributed by atoms with E-state index in [0.29, 0.717) is 0 Å². The zero-order chi connectivity index (χ0) is 23.1. The van der Waals surface area contributed by atoms with Crippen LogP contribution in [0.3, 0.4) is 0 Å². The summed E-state index contributed by atoms with van der Waals surface area (Å²) >= 11 is 0. The molecule has 0 aromatic carbocycles. The lowest BCUT2D eigenvalue weighted by Crippen LogP contribution is -2.00. The minimum absolute atomic E-state index is 0.887. The van der Waals surface area contributed by atoms with E-state index >= 15 is 0 Å². The Labute approximate surface area is 202 Å². The van der Waals surface area contributed by atoms with Gasteiger partial charge in [0.25, 0.3) is 0 Å². The van der Waals surface area contributed by atoms with E-state index in [0.717, 1.165) is 19.3 Å². The average molecular weight is 443 g/mol. The van der Waals surface area contributed by atoms with Crippen molar-refractivity contribution >= 4 is 0 Å². The third kappa shape index (κ3) is 16.7. The Morgan fingerprint density at radius 3 is 1.12 bits per heavy atom. The first-order valence-electron chi connectivity index (χ1n) is 14.6. The standard InChI is InChI=1S/C31H56N/c1-4-7-9-11-13-15-17-19-21-23-25-30-27-29(6-3)28-31(32-30)26-24-22-20-18-16-14-12-10-8-5-2/h27-28H,3-26H2,1-2H3. The molecule has 0 aliphatic carbocycles. The van der Waals surface area contributed by atoms with Crippen molar-refractivity contribution in [2.45, 2.75) is 162 Å². The van der Waals surface area contributed by atoms with E-state index in [1.165, 1.54) is 145 Å². The molecule has 0 saturated carbocycles. The van der Waals surface area contributed by atoms with E-state index in [4.69, 9.17) is 4.98 Å². The van der Waals surface area contributed by atoms with Gasteiger partial charge in [0, 0.05) is 11.4 Å². The maximum Gasteiger partial charge on any atom is 0.0409 e. The fourth-order valence-electron chi connectivity index (χ4n) is 4.71. The molecule has 0 unspecified atom stereocenters. The van der Waals surface area contributed by atoms with Gasteiger partial charge in [0.1, 0.15) is 0 Å². The van der Waals surface area contributed by atoms with Crippen LogP contribution in [0.15, 0.2) is 12.1 Å². The fourth-order valence-corrected chi connectivity index (χ4v) is 4.71. The minimum atomic E-state index is 0.887. The first-order chi connectivity index (χ1) is 15.8. The molecule has 32 heavy (non-hydrogen) atoms. The Morgan fingerprint density at radius 1 is 0.500 bits per heavy atom. The second-order valence-electron chi connectivity index (χ2n) is 10.1. The maximum atomic E-state index is 5.01. The van der Waals surface area contributed by atoms with E-state index in [1.807, 2.05) is 0 Å². The van der Waals surface area contributed by atoms with Crippen molar-refractivity contribution in [3.63, 3.8) is 0 Å². The minimum Gasteiger partial charge on any atom is -0.258 e. The second kappa shape index (κ2) is 22.0. The summed E-state index contributed by atoms with van der Waals surface area (Å²) in [6.07, 6.45) is 31.2. The molecule has 1 radical (unpaired) electrons. The van der Waals surface area contributed by atoms with Crippen molar-refractivity contribution in [1.82, 2.24) is 4.98 Å². The Morgan fingerprint density at radius 2 is 0.812 bits per heavy atom. The molecule has 0 bridgehead atoms. The first-order valence-corrected chi connectivity index (χ1v) is 14.6. The summed E-state index contributed by atoms with van der Waals surface area (Å²) in [5.74, 6) is 0. The van der Waals surface area contributed by atoms with Crippen LogP contribution in [0, 0.1) is 6.92 Å². The lowest BCUT2D eigenvalue weighted by Gasteiger charge is -2.09. The van der Waals surface area contributed by atoms with Gasteiger partial charge in [-0.3, -0.25) is 4.98 Å². The highest BCUT2D eigenvalue weighted by Crippen LogP contribution is 2.16. The van der Waals surface area contributed by atoms with Crippen LogP contribution in [0.25, 0.3) is 0 Å². The second-order valence-corrected chi connectivity index (χ2v) is 10.1. The van der Waals surface area contributed by atoms with Gasteiger partial charge in [0.05, 0.1) is 0 Å². The summed E-state index contributed by atoms with van der Waals surface area (Å²) in [4.78, 5) is 5.01. The molecule has 0 saturated heterocycles. The van der Waals surface area contributed by atoms with Crippen LogP contribution in [-0.2, 0) is 19.3 Å². The molecule has 0 spiro atoms. The monoisotopic (exact) mass is 442 g/mol. The topological polar surface area (TPSA) is 12.9 Å². The molecule has 0 N–H and O–H groups in total. The summed E-state index contributed by atoms with van der Waals surface area (Å²) < 4.78 is 0. The highest BCUT2D eigenvalue weighted by Gasteiger charge is 2.04. The smallest absolute Gasteiger partial charge is 0.0409 e. The molecule has 1 aromatic rings.